The lowest BCUT2D eigenvalue weighted by Gasteiger charge is -2.16. The summed E-state index contributed by atoms with van der Waals surface area (Å²) < 4.78 is 13.0. The van der Waals surface area contributed by atoms with Gasteiger partial charge in [0.15, 0.2) is 0 Å². The summed E-state index contributed by atoms with van der Waals surface area (Å²) in [5, 5.41) is 2.78. The smallest absolute Gasteiger partial charge is 0.229 e. The number of aromatic nitrogens is 1. The van der Waals surface area contributed by atoms with Gasteiger partial charge >= 0.3 is 0 Å². The van der Waals surface area contributed by atoms with Crippen molar-refractivity contribution in [2.45, 2.75) is 13.0 Å². The maximum absolute atomic E-state index is 13.0. The molecule has 1 aromatic carbocycles. The van der Waals surface area contributed by atoms with Crippen LogP contribution >= 0.6 is 11.6 Å². The fourth-order valence-corrected chi connectivity index (χ4v) is 2.83. The molecule has 1 unspecified atom stereocenters. The average Bonchev–Trinajstić information content (AvgIpc) is 2.92. The molecule has 5 nitrogen and oxygen atoms in total. The third-order valence-corrected chi connectivity index (χ3v) is 4.17. The minimum absolute atomic E-state index is 0.0917. The summed E-state index contributed by atoms with van der Waals surface area (Å²) in [5.41, 5.74) is 1.10. The normalized spacial score (nSPS) is 17.2. The standard InChI is InChI=1S/C17H15ClFN3O2/c18-14-8-12(19)4-5-15(14)21-17(24)11-7-16(23)22(9-11)10-13-3-1-2-6-20-13/h1-6,8,11H,7,9-10H2,(H,21,24). The van der Waals surface area contributed by atoms with Gasteiger partial charge in [-0.05, 0) is 30.3 Å². The molecule has 1 N–H and O–H groups in total. The van der Waals surface area contributed by atoms with Gasteiger partial charge in [-0.3, -0.25) is 14.6 Å². The van der Waals surface area contributed by atoms with Crippen molar-refractivity contribution < 1.29 is 14.0 Å². The molecule has 0 radical (unpaired) electrons. The van der Waals surface area contributed by atoms with E-state index in [1.807, 2.05) is 12.1 Å². The molecule has 0 bridgehead atoms. The number of amides is 2. The van der Waals surface area contributed by atoms with Crippen LogP contribution in [-0.4, -0.2) is 28.2 Å². The molecule has 2 amide bonds. The minimum Gasteiger partial charge on any atom is -0.336 e. The number of benzene rings is 1. The predicted octanol–water partition coefficient (Wildman–Crippen LogP) is 2.86. The first kappa shape index (κ1) is 16.4. The molecule has 0 aliphatic carbocycles. The second-order valence-electron chi connectivity index (χ2n) is 5.61. The molecule has 0 spiro atoms. The zero-order chi connectivity index (χ0) is 17.1. The van der Waals surface area contributed by atoms with Crippen LogP contribution in [0.2, 0.25) is 5.02 Å². The van der Waals surface area contributed by atoms with E-state index >= 15 is 0 Å². The topological polar surface area (TPSA) is 62.3 Å². The van der Waals surface area contributed by atoms with Crippen molar-refractivity contribution in [1.29, 1.82) is 0 Å². The first-order valence-electron chi connectivity index (χ1n) is 7.46. The van der Waals surface area contributed by atoms with Crippen molar-refractivity contribution in [3.8, 4) is 0 Å². The Morgan fingerprint density at radius 1 is 1.38 bits per heavy atom. The van der Waals surface area contributed by atoms with Gasteiger partial charge in [0.1, 0.15) is 5.82 Å². The Labute approximate surface area is 143 Å². The maximum atomic E-state index is 13.0. The Morgan fingerprint density at radius 2 is 2.21 bits per heavy atom. The Kier molecular flexibility index (Phi) is 4.76. The lowest BCUT2D eigenvalue weighted by Crippen LogP contribution is -2.28. The minimum atomic E-state index is -0.476. The van der Waals surface area contributed by atoms with Crippen LogP contribution in [0.4, 0.5) is 10.1 Å². The highest BCUT2D eigenvalue weighted by molar-refractivity contribution is 6.33. The third-order valence-electron chi connectivity index (χ3n) is 3.85. The van der Waals surface area contributed by atoms with E-state index in [0.29, 0.717) is 18.8 Å². The molecule has 124 valence electrons. The summed E-state index contributed by atoms with van der Waals surface area (Å²) in [6.07, 6.45) is 1.80. The molecule has 1 atom stereocenters. The van der Waals surface area contributed by atoms with Crippen LogP contribution in [0.25, 0.3) is 0 Å². The van der Waals surface area contributed by atoms with Crippen molar-refractivity contribution >= 4 is 29.1 Å². The van der Waals surface area contributed by atoms with E-state index in [4.69, 9.17) is 11.6 Å². The van der Waals surface area contributed by atoms with E-state index in [1.165, 1.54) is 12.1 Å². The highest BCUT2D eigenvalue weighted by Crippen LogP contribution is 2.25. The Hall–Kier alpha value is -2.47. The monoisotopic (exact) mass is 347 g/mol. The average molecular weight is 348 g/mol. The first-order chi connectivity index (χ1) is 11.5. The van der Waals surface area contributed by atoms with Crippen LogP contribution in [0.15, 0.2) is 42.6 Å². The Morgan fingerprint density at radius 3 is 2.92 bits per heavy atom. The van der Waals surface area contributed by atoms with Crippen LogP contribution in [0.1, 0.15) is 12.1 Å². The molecule has 0 saturated carbocycles. The largest absolute Gasteiger partial charge is 0.336 e. The number of nitrogens with one attached hydrogen (secondary N) is 1. The lowest BCUT2D eigenvalue weighted by molar-refractivity contribution is -0.128. The van der Waals surface area contributed by atoms with Gasteiger partial charge in [0.2, 0.25) is 11.8 Å². The van der Waals surface area contributed by atoms with E-state index in [-0.39, 0.29) is 23.3 Å². The molecule has 1 aliphatic rings. The number of nitrogens with zero attached hydrogens (tertiary/aromatic N) is 2. The van der Waals surface area contributed by atoms with E-state index < -0.39 is 11.7 Å². The summed E-state index contributed by atoms with van der Waals surface area (Å²) >= 11 is 5.90. The van der Waals surface area contributed by atoms with Gasteiger partial charge in [-0.15, -0.1) is 0 Å². The number of hydrogen-bond donors (Lipinski definition) is 1. The van der Waals surface area contributed by atoms with Crippen LogP contribution in [0, 0.1) is 11.7 Å². The summed E-state index contributed by atoms with van der Waals surface area (Å²) in [5.74, 6) is -1.34. The molecule has 7 heteroatoms. The number of halogens is 2. The van der Waals surface area contributed by atoms with Crippen molar-refractivity contribution in [3.05, 3.63) is 59.1 Å². The second-order valence-corrected chi connectivity index (χ2v) is 6.02. The van der Waals surface area contributed by atoms with Gasteiger partial charge in [0, 0.05) is 19.2 Å². The number of rotatable bonds is 4. The molecule has 1 aliphatic heterocycles. The fraction of sp³-hybridized carbons (Fsp3) is 0.235. The highest BCUT2D eigenvalue weighted by atomic mass is 35.5. The van der Waals surface area contributed by atoms with Crippen molar-refractivity contribution in [1.82, 2.24) is 9.88 Å². The number of carbonyl (C=O) groups is 2. The molecule has 3 rings (SSSR count). The predicted molar refractivity (Wildman–Crippen MR) is 87.8 cm³/mol. The molecule has 1 fully saturated rings. The molecule has 1 saturated heterocycles. The van der Waals surface area contributed by atoms with E-state index in [2.05, 4.69) is 10.3 Å². The Bertz CT molecular complexity index is 770. The Balaban J connectivity index is 1.63. The van der Waals surface area contributed by atoms with Crippen LogP contribution < -0.4 is 5.32 Å². The second kappa shape index (κ2) is 6.97. The third kappa shape index (κ3) is 3.71. The molecule has 1 aromatic heterocycles. The van der Waals surface area contributed by atoms with Gasteiger partial charge in [-0.25, -0.2) is 4.39 Å². The summed E-state index contributed by atoms with van der Waals surface area (Å²) in [4.78, 5) is 30.2. The fourth-order valence-electron chi connectivity index (χ4n) is 2.61. The lowest BCUT2D eigenvalue weighted by atomic mass is 10.1. The van der Waals surface area contributed by atoms with Crippen LogP contribution in [0.3, 0.4) is 0 Å². The maximum Gasteiger partial charge on any atom is 0.229 e. The highest BCUT2D eigenvalue weighted by Gasteiger charge is 2.34. The van der Waals surface area contributed by atoms with Crippen LogP contribution in [0.5, 0.6) is 0 Å². The van der Waals surface area contributed by atoms with E-state index in [9.17, 15) is 14.0 Å². The number of hydrogen-bond acceptors (Lipinski definition) is 3. The van der Waals surface area contributed by atoms with Crippen molar-refractivity contribution in [3.63, 3.8) is 0 Å². The number of carbonyl (C=O) groups excluding carboxylic acids is 2. The quantitative estimate of drug-likeness (QED) is 0.925. The van der Waals surface area contributed by atoms with Gasteiger partial charge in [-0.1, -0.05) is 17.7 Å². The van der Waals surface area contributed by atoms with Gasteiger partial charge in [-0.2, -0.15) is 0 Å². The molecular weight excluding hydrogens is 333 g/mol. The zero-order valence-corrected chi connectivity index (χ0v) is 13.5. The molecular formula is C17H15ClFN3O2. The number of anilines is 1. The van der Waals surface area contributed by atoms with E-state index in [0.717, 1.165) is 11.8 Å². The first-order valence-corrected chi connectivity index (χ1v) is 7.84. The van der Waals surface area contributed by atoms with E-state index in [1.54, 1.807) is 17.2 Å². The molecule has 24 heavy (non-hydrogen) atoms. The summed E-state index contributed by atoms with van der Waals surface area (Å²) in [7, 11) is 0. The SMILES string of the molecule is O=C(Nc1ccc(F)cc1Cl)C1CC(=O)N(Cc2ccccn2)C1. The zero-order valence-electron chi connectivity index (χ0n) is 12.7. The van der Waals surface area contributed by atoms with Gasteiger partial charge in [0.25, 0.3) is 0 Å². The molecule has 2 heterocycles. The number of pyridine rings is 1. The van der Waals surface area contributed by atoms with Crippen molar-refractivity contribution in [2.75, 3.05) is 11.9 Å². The summed E-state index contributed by atoms with van der Waals surface area (Å²) in [6, 6.07) is 9.23. The van der Waals surface area contributed by atoms with Gasteiger partial charge < -0.3 is 10.2 Å². The number of likely N-dealkylation sites (tertiary alicyclic amines) is 1. The van der Waals surface area contributed by atoms with Crippen LogP contribution in [-0.2, 0) is 16.1 Å². The van der Waals surface area contributed by atoms with Crippen molar-refractivity contribution in [2.24, 2.45) is 5.92 Å². The van der Waals surface area contributed by atoms with Gasteiger partial charge in [0.05, 0.1) is 28.9 Å². The molecule has 2 aromatic rings. The summed E-state index contributed by atoms with van der Waals surface area (Å²) in [6.45, 7) is 0.695.